The van der Waals surface area contributed by atoms with Gasteiger partial charge in [0.2, 0.25) is 0 Å². The van der Waals surface area contributed by atoms with Crippen molar-refractivity contribution in [2.24, 2.45) is 5.92 Å². The lowest BCUT2D eigenvalue weighted by Crippen LogP contribution is -2.38. The van der Waals surface area contributed by atoms with Crippen molar-refractivity contribution < 1.29 is 0 Å². The van der Waals surface area contributed by atoms with E-state index < -0.39 is 5.38 Å². The van der Waals surface area contributed by atoms with Gasteiger partial charge < -0.3 is 0 Å². The van der Waals surface area contributed by atoms with Crippen molar-refractivity contribution in [1.82, 2.24) is 4.90 Å². The van der Waals surface area contributed by atoms with Crippen molar-refractivity contribution in [3.8, 4) is 12.1 Å². The standard InChI is InChI=1S/C9H12ClN3/c10-9(5-12)7-13-3-1-2-8(4-11)6-13/h8-9H,1-3,6-7H2. The van der Waals surface area contributed by atoms with Gasteiger partial charge in [-0.15, -0.1) is 11.6 Å². The SMILES string of the molecule is N#CC(Cl)CN1CCCC(C#N)C1. The molecular weight excluding hydrogens is 186 g/mol. The smallest absolute Gasteiger partial charge is 0.133 e. The third kappa shape index (κ3) is 3.22. The summed E-state index contributed by atoms with van der Waals surface area (Å²) in [5, 5.41) is 16.8. The van der Waals surface area contributed by atoms with Crippen molar-refractivity contribution in [1.29, 1.82) is 10.5 Å². The number of hydrogen-bond donors (Lipinski definition) is 0. The Kier molecular flexibility index (Phi) is 4.02. The Morgan fingerprint density at radius 1 is 1.54 bits per heavy atom. The molecule has 1 rings (SSSR count). The van der Waals surface area contributed by atoms with Crippen molar-refractivity contribution in [3.63, 3.8) is 0 Å². The zero-order valence-electron chi connectivity index (χ0n) is 7.41. The highest BCUT2D eigenvalue weighted by Gasteiger charge is 2.20. The topological polar surface area (TPSA) is 50.8 Å². The van der Waals surface area contributed by atoms with E-state index in [1.54, 1.807) is 0 Å². The first-order valence-electron chi connectivity index (χ1n) is 4.42. The molecule has 0 aromatic rings. The van der Waals surface area contributed by atoms with Crippen LogP contribution >= 0.6 is 11.6 Å². The Labute approximate surface area is 83.5 Å². The quantitative estimate of drug-likeness (QED) is 0.628. The maximum Gasteiger partial charge on any atom is 0.133 e. The normalized spacial score (nSPS) is 25.9. The van der Waals surface area contributed by atoms with Crippen LogP contribution < -0.4 is 0 Å². The van der Waals surface area contributed by atoms with Crippen molar-refractivity contribution >= 4 is 11.6 Å². The fraction of sp³-hybridized carbons (Fsp3) is 0.778. The zero-order chi connectivity index (χ0) is 9.68. The van der Waals surface area contributed by atoms with Gasteiger partial charge in [0.25, 0.3) is 0 Å². The number of rotatable bonds is 2. The Balaban J connectivity index is 2.36. The van der Waals surface area contributed by atoms with E-state index in [1.807, 2.05) is 6.07 Å². The van der Waals surface area contributed by atoms with Gasteiger partial charge in [-0.05, 0) is 19.4 Å². The largest absolute Gasteiger partial charge is 0.300 e. The van der Waals surface area contributed by atoms with Crippen LogP contribution in [0.15, 0.2) is 0 Å². The van der Waals surface area contributed by atoms with Gasteiger partial charge in [-0.3, -0.25) is 4.90 Å². The molecule has 1 aliphatic heterocycles. The summed E-state index contributed by atoms with van der Waals surface area (Å²) >= 11 is 5.70. The maximum atomic E-state index is 8.73. The molecule has 0 spiro atoms. The molecule has 0 aliphatic carbocycles. The molecule has 0 saturated carbocycles. The summed E-state index contributed by atoms with van der Waals surface area (Å²) < 4.78 is 0. The van der Waals surface area contributed by atoms with Gasteiger partial charge in [-0.2, -0.15) is 10.5 Å². The van der Waals surface area contributed by atoms with E-state index >= 15 is 0 Å². The summed E-state index contributed by atoms with van der Waals surface area (Å²) in [7, 11) is 0. The van der Waals surface area contributed by atoms with Crippen LogP contribution in [0.3, 0.4) is 0 Å². The average Bonchev–Trinajstić information content (AvgIpc) is 2.18. The number of likely N-dealkylation sites (tertiary alicyclic amines) is 1. The minimum absolute atomic E-state index is 0.122. The van der Waals surface area contributed by atoms with Crippen molar-refractivity contribution in [2.45, 2.75) is 18.2 Å². The molecule has 1 heterocycles. The zero-order valence-corrected chi connectivity index (χ0v) is 8.17. The van der Waals surface area contributed by atoms with E-state index in [2.05, 4.69) is 11.0 Å². The monoisotopic (exact) mass is 197 g/mol. The summed E-state index contributed by atoms with van der Waals surface area (Å²) in [6.07, 6.45) is 2.01. The second-order valence-electron chi connectivity index (χ2n) is 3.32. The van der Waals surface area contributed by atoms with Gasteiger partial charge in [0.05, 0.1) is 18.1 Å². The lowest BCUT2D eigenvalue weighted by molar-refractivity contribution is 0.205. The van der Waals surface area contributed by atoms with Crippen molar-refractivity contribution in [2.75, 3.05) is 19.6 Å². The number of alkyl halides is 1. The van der Waals surface area contributed by atoms with Gasteiger partial charge in [-0.1, -0.05) is 0 Å². The Hall–Kier alpha value is -0.770. The van der Waals surface area contributed by atoms with Crippen LogP contribution in [0.25, 0.3) is 0 Å². The second-order valence-corrected chi connectivity index (χ2v) is 3.85. The van der Waals surface area contributed by atoms with Crippen LogP contribution in [0.2, 0.25) is 0 Å². The Bertz CT molecular complexity index is 238. The molecule has 1 fully saturated rings. The molecule has 0 aromatic heterocycles. The van der Waals surface area contributed by atoms with Crippen LogP contribution in [0.1, 0.15) is 12.8 Å². The first-order valence-corrected chi connectivity index (χ1v) is 4.85. The highest BCUT2D eigenvalue weighted by Crippen LogP contribution is 2.16. The van der Waals surface area contributed by atoms with E-state index in [9.17, 15) is 0 Å². The molecule has 0 bridgehead atoms. The number of hydrogen-bond acceptors (Lipinski definition) is 3. The van der Waals surface area contributed by atoms with E-state index in [0.29, 0.717) is 6.54 Å². The van der Waals surface area contributed by atoms with Crippen LogP contribution in [0.4, 0.5) is 0 Å². The minimum atomic E-state index is -0.447. The molecule has 70 valence electrons. The third-order valence-corrected chi connectivity index (χ3v) is 2.48. The minimum Gasteiger partial charge on any atom is -0.300 e. The molecule has 13 heavy (non-hydrogen) atoms. The molecule has 1 saturated heterocycles. The summed E-state index contributed by atoms with van der Waals surface area (Å²) in [6, 6.07) is 4.24. The average molecular weight is 198 g/mol. The Morgan fingerprint density at radius 3 is 2.92 bits per heavy atom. The summed E-state index contributed by atoms with van der Waals surface area (Å²) in [4.78, 5) is 2.10. The summed E-state index contributed by atoms with van der Waals surface area (Å²) in [5.74, 6) is 0.122. The fourth-order valence-electron chi connectivity index (χ4n) is 1.59. The van der Waals surface area contributed by atoms with Crippen LogP contribution in [0.5, 0.6) is 0 Å². The van der Waals surface area contributed by atoms with E-state index in [4.69, 9.17) is 22.1 Å². The van der Waals surface area contributed by atoms with E-state index in [0.717, 1.165) is 25.9 Å². The first kappa shape index (κ1) is 10.3. The highest BCUT2D eigenvalue weighted by atomic mass is 35.5. The fourth-order valence-corrected chi connectivity index (χ4v) is 1.79. The molecule has 0 amide bonds. The molecule has 4 heteroatoms. The van der Waals surface area contributed by atoms with E-state index in [-0.39, 0.29) is 5.92 Å². The molecule has 0 radical (unpaired) electrons. The lowest BCUT2D eigenvalue weighted by atomic mass is 10.00. The molecule has 1 aliphatic rings. The number of nitrogens with zero attached hydrogens (tertiary/aromatic N) is 3. The summed E-state index contributed by atoms with van der Waals surface area (Å²) in [5.41, 5.74) is 0. The van der Waals surface area contributed by atoms with Gasteiger partial charge in [0.15, 0.2) is 0 Å². The second kappa shape index (κ2) is 5.07. The van der Waals surface area contributed by atoms with Crippen LogP contribution in [-0.4, -0.2) is 29.9 Å². The highest BCUT2D eigenvalue weighted by molar-refractivity contribution is 6.22. The number of nitriles is 2. The molecule has 3 nitrogen and oxygen atoms in total. The van der Waals surface area contributed by atoms with Gasteiger partial charge in [0, 0.05) is 13.1 Å². The van der Waals surface area contributed by atoms with Gasteiger partial charge in [0.1, 0.15) is 5.38 Å². The predicted molar refractivity (Wildman–Crippen MR) is 50.0 cm³/mol. The number of halogens is 1. The van der Waals surface area contributed by atoms with Gasteiger partial charge in [-0.25, -0.2) is 0 Å². The molecular formula is C9H12ClN3. The van der Waals surface area contributed by atoms with E-state index in [1.165, 1.54) is 0 Å². The van der Waals surface area contributed by atoms with Crippen molar-refractivity contribution in [3.05, 3.63) is 0 Å². The maximum absolute atomic E-state index is 8.73. The molecule has 2 unspecified atom stereocenters. The lowest BCUT2D eigenvalue weighted by Gasteiger charge is -2.29. The van der Waals surface area contributed by atoms with Gasteiger partial charge >= 0.3 is 0 Å². The molecule has 0 aromatic carbocycles. The number of piperidine rings is 1. The summed E-state index contributed by atoms with van der Waals surface area (Å²) in [6.45, 7) is 2.31. The molecule has 0 N–H and O–H groups in total. The first-order chi connectivity index (χ1) is 6.26. The Morgan fingerprint density at radius 2 is 2.31 bits per heavy atom. The van der Waals surface area contributed by atoms with Crippen LogP contribution in [-0.2, 0) is 0 Å². The predicted octanol–water partition coefficient (Wildman–Crippen LogP) is 1.35. The van der Waals surface area contributed by atoms with Crippen LogP contribution in [0, 0.1) is 28.6 Å². The third-order valence-electron chi connectivity index (χ3n) is 2.25. The molecule has 2 atom stereocenters.